The van der Waals surface area contributed by atoms with Crippen molar-refractivity contribution < 1.29 is 9.53 Å². The standard InChI is InChI=1S/C23H39N5O2/c1-5-24-22(29)20-9-7-19(8-10-20)16-26-23(25-6-2)27-17-21(15-18(3)4)28-11-13-30-14-12-28/h7-10,18,21H,5-6,11-17H2,1-4H3,(H,24,29)(H2,25,26,27). The first-order valence-electron chi connectivity index (χ1n) is 11.2. The van der Waals surface area contributed by atoms with E-state index >= 15 is 0 Å². The number of guanidine groups is 1. The Hall–Kier alpha value is -2.12. The van der Waals surface area contributed by atoms with Gasteiger partial charge in [-0.15, -0.1) is 0 Å². The summed E-state index contributed by atoms with van der Waals surface area (Å²) in [7, 11) is 0. The molecule has 1 aromatic carbocycles. The Labute approximate surface area is 181 Å². The van der Waals surface area contributed by atoms with Crippen LogP contribution in [-0.4, -0.2) is 68.7 Å². The highest BCUT2D eigenvalue weighted by Gasteiger charge is 2.22. The number of carbonyl (C=O) groups is 1. The molecule has 1 aromatic rings. The van der Waals surface area contributed by atoms with E-state index in [1.807, 2.05) is 31.2 Å². The lowest BCUT2D eigenvalue weighted by Crippen LogP contribution is -2.51. The van der Waals surface area contributed by atoms with E-state index in [9.17, 15) is 4.79 Å². The summed E-state index contributed by atoms with van der Waals surface area (Å²) in [6, 6.07) is 8.11. The molecule has 3 N–H and O–H groups in total. The minimum Gasteiger partial charge on any atom is -0.379 e. The number of hydrogen-bond acceptors (Lipinski definition) is 4. The van der Waals surface area contributed by atoms with Crippen molar-refractivity contribution in [2.75, 3.05) is 45.9 Å². The predicted octanol–water partition coefficient (Wildman–Crippen LogP) is 2.24. The first-order valence-corrected chi connectivity index (χ1v) is 11.2. The minimum absolute atomic E-state index is 0.0399. The average Bonchev–Trinajstić information content (AvgIpc) is 2.75. The molecule has 0 radical (unpaired) electrons. The highest BCUT2D eigenvalue weighted by molar-refractivity contribution is 5.94. The van der Waals surface area contributed by atoms with E-state index in [0.717, 1.165) is 57.3 Å². The molecule has 1 amide bonds. The maximum absolute atomic E-state index is 11.9. The molecule has 1 aliphatic rings. The molecule has 1 heterocycles. The van der Waals surface area contributed by atoms with Crippen molar-refractivity contribution >= 4 is 11.9 Å². The zero-order valence-electron chi connectivity index (χ0n) is 19.0. The van der Waals surface area contributed by atoms with Gasteiger partial charge < -0.3 is 20.7 Å². The maximum Gasteiger partial charge on any atom is 0.251 e. The molecule has 1 fully saturated rings. The molecule has 0 aromatic heterocycles. The Morgan fingerprint density at radius 2 is 1.73 bits per heavy atom. The van der Waals surface area contributed by atoms with Crippen LogP contribution in [0.1, 0.15) is 50.0 Å². The highest BCUT2D eigenvalue weighted by Crippen LogP contribution is 2.13. The fraction of sp³-hybridized carbons (Fsp3) is 0.652. The van der Waals surface area contributed by atoms with Crippen molar-refractivity contribution in [3.05, 3.63) is 35.4 Å². The van der Waals surface area contributed by atoms with Gasteiger partial charge in [0, 0.05) is 44.3 Å². The normalized spacial score (nSPS) is 16.4. The van der Waals surface area contributed by atoms with Crippen LogP contribution in [0.4, 0.5) is 0 Å². The fourth-order valence-corrected chi connectivity index (χ4v) is 3.60. The molecule has 1 unspecified atom stereocenters. The summed E-state index contributed by atoms with van der Waals surface area (Å²) >= 11 is 0. The Morgan fingerprint density at radius 1 is 1.07 bits per heavy atom. The Balaban J connectivity index is 1.95. The molecule has 1 aliphatic heterocycles. The van der Waals surface area contributed by atoms with E-state index in [-0.39, 0.29) is 5.91 Å². The van der Waals surface area contributed by atoms with Gasteiger partial charge in [-0.05, 0) is 43.9 Å². The molecular formula is C23H39N5O2. The van der Waals surface area contributed by atoms with E-state index in [0.29, 0.717) is 30.6 Å². The molecule has 7 nitrogen and oxygen atoms in total. The van der Waals surface area contributed by atoms with Crippen molar-refractivity contribution in [1.82, 2.24) is 20.9 Å². The van der Waals surface area contributed by atoms with Crippen LogP contribution in [0.2, 0.25) is 0 Å². The lowest BCUT2D eigenvalue weighted by atomic mass is 10.0. The number of amides is 1. The molecule has 0 saturated carbocycles. The summed E-state index contributed by atoms with van der Waals surface area (Å²) < 4.78 is 5.52. The number of benzene rings is 1. The van der Waals surface area contributed by atoms with Crippen molar-refractivity contribution in [3.8, 4) is 0 Å². The van der Waals surface area contributed by atoms with Crippen LogP contribution >= 0.6 is 0 Å². The second-order valence-corrected chi connectivity index (χ2v) is 8.06. The SMILES string of the molecule is CCNC(=O)c1ccc(CN=C(NCC)NCC(CC(C)C)N2CCOCC2)cc1. The first kappa shape index (κ1) is 24.2. The molecule has 0 aliphatic carbocycles. The van der Waals surface area contributed by atoms with Gasteiger partial charge in [0.05, 0.1) is 19.8 Å². The number of nitrogens with zero attached hydrogens (tertiary/aromatic N) is 2. The number of nitrogens with one attached hydrogen (secondary N) is 3. The van der Waals surface area contributed by atoms with Gasteiger partial charge >= 0.3 is 0 Å². The smallest absolute Gasteiger partial charge is 0.251 e. The van der Waals surface area contributed by atoms with Crippen LogP contribution in [0.3, 0.4) is 0 Å². The molecular weight excluding hydrogens is 378 g/mol. The molecule has 7 heteroatoms. The molecule has 1 saturated heterocycles. The zero-order chi connectivity index (χ0) is 21.8. The first-order chi connectivity index (χ1) is 14.5. The Morgan fingerprint density at radius 3 is 2.33 bits per heavy atom. The van der Waals surface area contributed by atoms with Crippen LogP contribution in [0.25, 0.3) is 0 Å². The summed E-state index contributed by atoms with van der Waals surface area (Å²) in [5, 5.41) is 9.69. The fourth-order valence-electron chi connectivity index (χ4n) is 3.60. The number of hydrogen-bond donors (Lipinski definition) is 3. The van der Waals surface area contributed by atoms with Crippen molar-refractivity contribution in [3.63, 3.8) is 0 Å². The van der Waals surface area contributed by atoms with Crippen LogP contribution in [0.5, 0.6) is 0 Å². The Kier molecular flexibility index (Phi) is 10.7. The summed E-state index contributed by atoms with van der Waals surface area (Å²) in [5.74, 6) is 1.43. The second-order valence-electron chi connectivity index (χ2n) is 8.06. The maximum atomic E-state index is 11.9. The van der Waals surface area contributed by atoms with Crippen LogP contribution in [0.15, 0.2) is 29.3 Å². The molecule has 2 rings (SSSR count). The number of carbonyl (C=O) groups excluding carboxylic acids is 1. The van der Waals surface area contributed by atoms with E-state index < -0.39 is 0 Å². The van der Waals surface area contributed by atoms with Crippen molar-refractivity contribution in [2.45, 2.75) is 46.7 Å². The summed E-state index contributed by atoms with van der Waals surface area (Å²) in [5.41, 5.74) is 1.75. The van der Waals surface area contributed by atoms with Crippen LogP contribution < -0.4 is 16.0 Å². The Bertz CT molecular complexity index is 654. The van der Waals surface area contributed by atoms with E-state index in [4.69, 9.17) is 9.73 Å². The molecule has 0 bridgehead atoms. The van der Waals surface area contributed by atoms with Crippen LogP contribution in [0, 0.1) is 5.92 Å². The third-order valence-electron chi connectivity index (χ3n) is 5.13. The lowest BCUT2D eigenvalue weighted by Gasteiger charge is -2.35. The molecule has 30 heavy (non-hydrogen) atoms. The number of ether oxygens (including phenoxy) is 1. The summed E-state index contributed by atoms with van der Waals surface area (Å²) in [6.45, 7) is 15.0. The largest absolute Gasteiger partial charge is 0.379 e. The minimum atomic E-state index is -0.0399. The summed E-state index contributed by atoms with van der Waals surface area (Å²) in [6.07, 6.45) is 1.15. The number of morpholine rings is 1. The van der Waals surface area contributed by atoms with Gasteiger partial charge in [0.2, 0.25) is 0 Å². The van der Waals surface area contributed by atoms with Gasteiger partial charge in [-0.2, -0.15) is 0 Å². The van der Waals surface area contributed by atoms with Gasteiger partial charge in [-0.25, -0.2) is 4.99 Å². The molecule has 1 atom stereocenters. The zero-order valence-corrected chi connectivity index (χ0v) is 19.0. The molecule has 168 valence electrons. The van der Waals surface area contributed by atoms with E-state index in [2.05, 4.69) is 41.6 Å². The second kappa shape index (κ2) is 13.2. The summed E-state index contributed by atoms with van der Waals surface area (Å²) in [4.78, 5) is 19.2. The monoisotopic (exact) mass is 417 g/mol. The third-order valence-corrected chi connectivity index (χ3v) is 5.13. The topological polar surface area (TPSA) is 78.0 Å². The van der Waals surface area contributed by atoms with Gasteiger partial charge in [0.1, 0.15) is 0 Å². The van der Waals surface area contributed by atoms with E-state index in [1.165, 1.54) is 0 Å². The highest BCUT2D eigenvalue weighted by atomic mass is 16.5. The van der Waals surface area contributed by atoms with E-state index in [1.54, 1.807) is 0 Å². The van der Waals surface area contributed by atoms with Gasteiger partial charge in [0.25, 0.3) is 5.91 Å². The predicted molar refractivity (Wildman–Crippen MR) is 123 cm³/mol. The van der Waals surface area contributed by atoms with Crippen molar-refractivity contribution in [2.24, 2.45) is 10.9 Å². The molecule has 0 spiro atoms. The number of aliphatic imine (C=N–C) groups is 1. The quantitative estimate of drug-likeness (QED) is 0.402. The lowest BCUT2D eigenvalue weighted by molar-refractivity contribution is 0.0132. The van der Waals surface area contributed by atoms with Crippen LogP contribution in [-0.2, 0) is 11.3 Å². The van der Waals surface area contributed by atoms with Gasteiger partial charge in [-0.1, -0.05) is 26.0 Å². The third kappa shape index (κ3) is 8.32. The number of rotatable bonds is 10. The van der Waals surface area contributed by atoms with Gasteiger partial charge in [0.15, 0.2) is 5.96 Å². The average molecular weight is 418 g/mol. The van der Waals surface area contributed by atoms with Crippen molar-refractivity contribution in [1.29, 1.82) is 0 Å². The van der Waals surface area contributed by atoms with Gasteiger partial charge in [-0.3, -0.25) is 9.69 Å².